The second-order valence-corrected chi connectivity index (χ2v) is 7.08. The van der Waals surface area contributed by atoms with Crippen molar-refractivity contribution in [3.8, 4) is 17.2 Å². The molecule has 31 heavy (non-hydrogen) atoms. The molecule has 0 atom stereocenters. The monoisotopic (exact) mass is 414 g/mol. The predicted octanol–water partition coefficient (Wildman–Crippen LogP) is 3.17. The molecule has 3 aromatic carbocycles. The Hall–Kier alpha value is -4.26. The van der Waals surface area contributed by atoms with Crippen molar-refractivity contribution in [2.45, 2.75) is 14.4 Å². The van der Waals surface area contributed by atoms with E-state index < -0.39 is 22.2 Å². The predicted molar refractivity (Wildman–Crippen MR) is 121 cm³/mol. The molecule has 0 unspecified atom stereocenters. The van der Waals surface area contributed by atoms with Crippen LogP contribution in [0.1, 0.15) is 13.0 Å². The number of aromatic amines is 1. The van der Waals surface area contributed by atoms with Crippen molar-refractivity contribution in [3.63, 3.8) is 0 Å². The number of aromatic nitrogens is 2. The first-order valence-corrected chi connectivity index (χ1v) is 9.19. The van der Waals surface area contributed by atoms with Gasteiger partial charge in [0, 0.05) is 0 Å². The second kappa shape index (κ2) is 7.21. The van der Waals surface area contributed by atoms with E-state index in [-0.39, 0.29) is 29.0 Å². The van der Waals surface area contributed by atoms with Gasteiger partial charge in [-0.3, -0.25) is 24.2 Å². The fourth-order valence-corrected chi connectivity index (χ4v) is 3.54. The van der Waals surface area contributed by atoms with Gasteiger partial charge in [0.2, 0.25) is 0 Å². The summed E-state index contributed by atoms with van der Waals surface area (Å²) in [4.78, 5) is 51.6. The van der Waals surface area contributed by atoms with E-state index in [4.69, 9.17) is 4.74 Å². The number of aryl methyl sites for hydroxylation is 1. The molecule has 5 rings (SSSR count). The SMILES string of the molecule is C.Cc1ccc(Oc2ccc(-n3c(=O)c4cc5c(=O)[nH]c(=O)c5cc4c3=O)cc2)cc1. The van der Waals surface area contributed by atoms with Crippen LogP contribution in [0.3, 0.4) is 0 Å². The first-order valence-electron chi connectivity index (χ1n) is 9.19. The molecular weight excluding hydrogens is 396 g/mol. The first-order chi connectivity index (χ1) is 14.4. The van der Waals surface area contributed by atoms with Gasteiger partial charge in [0.25, 0.3) is 22.2 Å². The van der Waals surface area contributed by atoms with Gasteiger partial charge in [-0.15, -0.1) is 0 Å². The number of ether oxygens (including phenoxy) is 1. The Morgan fingerprint density at radius 3 is 1.61 bits per heavy atom. The molecule has 0 amide bonds. The molecule has 0 saturated heterocycles. The highest BCUT2D eigenvalue weighted by Crippen LogP contribution is 2.23. The highest BCUT2D eigenvalue weighted by molar-refractivity contribution is 5.97. The molecular formula is C24H18N2O5. The van der Waals surface area contributed by atoms with Gasteiger partial charge in [0.1, 0.15) is 11.5 Å². The summed E-state index contributed by atoms with van der Waals surface area (Å²) in [5.74, 6) is 1.23. The van der Waals surface area contributed by atoms with Crippen molar-refractivity contribution < 1.29 is 4.74 Å². The third-order valence-corrected chi connectivity index (χ3v) is 5.09. The van der Waals surface area contributed by atoms with Crippen molar-refractivity contribution in [2.75, 3.05) is 0 Å². The normalized spacial score (nSPS) is 11.0. The number of fused-ring (bicyclic) bond motifs is 2. The number of H-pyrrole nitrogens is 1. The van der Waals surface area contributed by atoms with Gasteiger partial charge in [0.05, 0.1) is 27.2 Å². The molecule has 0 bridgehead atoms. The van der Waals surface area contributed by atoms with E-state index in [1.54, 1.807) is 24.3 Å². The molecule has 0 spiro atoms. The molecule has 2 aromatic heterocycles. The smallest absolute Gasteiger partial charge is 0.266 e. The summed E-state index contributed by atoms with van der Waals surface area (Å²) in [6, 6.07) is 16.7. The lowest BCUT2D eigenvalue weighted by atomic mass is 10.1. The largest absolute Gasteiger partial charge is 0.457 e. The highest BCUT2D eigenvalue weighted by Gasteiger charge is 2.18. The minimum absolute atomic E-state index is 0. The van der Waals surface area contributed by atoms with Crippen molar-refractivity contribution in [3.05, 3.63) is 108 Å². The van der Waals surface area contributed by atoms with Crippen LogP contribution < -0.4 is 27.0 Å². The van der Waals surface area contributed by atoms with Crippen LogP contribution in [0.15, 0.2) is 79.8 Å². The molecule has 1 N–H and O–H groups in total. The van der Waals surface area contributed by atoms with Crippen LogP contribution in [0.5, 0.6) is 11.5 Å². The van der Waals surface area contributed by atoms with E-state index in [9.17, 15) is 19.2 Å². The van der Waals surface area contributed by atoms with Crippen LogP contribution in [0.25, 0.3) is 27.2 Å². The molecule has 0 aliphatic heterocycles. The molecule has 7 nitrogen and oxygen atoms in total. The lowest BCUT2D eigenvalue weighted by Crippen LogP contribution is -2.23. The Bertz CT molecular complexity index is 1560. The summed E-state index contributed by atoms with van der Waals surface area (Å²) in [6.45, 7) is 1.98. The van der Waals surface area contributed by atoms with Gasteiger partial charge < -0.3 is 4.74 Å². The average Bonchev–Trinajstić information content (AvgIpc) is 3.16. The molecule has 0 aliphatic carbocycles. The van der Waals surface area contributed by atoms with Crippen molar-refractivity contribution >= 4 is 21.5 Å². The minimum atomic E-state index is -0.575. The quantitative estimate of drug-likeness (QED) is 0.489. The number of hydrogen-bond acceptors (Lipinski definition) is 5. The zero-order valence-electron chi connectivity index (χ0n) is 15.8. The summed E-state index contributed by atoms with van der Waals surface area (Å²) in [7, 11) is 0. The maximum absolute atomic E-state index is 12.9. The molecule has 5 aromatic rings. The van der Waals surface area contributed by atoms with Crippen LogP contribution in [0.4, 0.5) is 0 Å². The van der Waals surface area contributed by atoms with Crippen LogP contribution in [-0.4, -0.2) is 9.55 Å². The van der Waals surface area contributed by atoms with Gasteiger partial charge in [-0.25, -0.2) is 4.57 Å². The maximum atomic E-state index is 12.9. The molecule has 0 fully saturated rings. The topological polar surface area (TPSA) is 98.2 Å². The summed E-state index contributed by atoms with van der Waals surface area (Å²) >= 11 is 0. The minimum Gasteiger partial charge on any atom is -0.457 e. The highest BCUT2D eigenvalue weighted by atomic mass is 16.5. The summed E-state index contributed by atoms with van der Waals surface area (Å²) in [5, 5.41) is 0.402. The van der Waals surface area contributed by atoms with E-state index in [1.807, 2.05) is 31.2 Å². The standard InChI is InChI=1S/C23H14N2O5.CH4/c1-12-2-6-14(7-3-12)30-15-8-4-13(5-9-15)25-22(28)18-10-16-17(11-19(18)23(25)29)21(27)24-20(16)26;/h2-11H,1H3,(H,24,26,27);1H4. The zero-order chi connectivity index (χ0) is 21.0. The average molecular weight is 414 g/mol. The van der Waals surface area contributed by atoms with Crippen LogP contribution in [0, 0.1) is 6.92 Å². The maximum Gasteiger partial charge on any atom is 0.266 e. The fraction of sp³-hybridized carbons (Fsp3) is 0.0833. The Morgan fingerprint density at radius 1 is 0.677 bits per heavy atom. The van der Waals surface area contributed by atoms with Gasteiger partial charge in [-0.1, -0.05) is 25.1 Å². The Morgan fingerprint density at radius 2 is 1.13 bits per heavy atom. The summed E-state index contributed by atoms with van der Waals surface area (Å²) < 4.78 is 6.80. The van der Waals surface area contributed by atoms with E-state index in [0.29, 0.717) is 17.2 Å². The third-order valence-electron chi connectivity index (χ3n) is 5.09. The Labute approximate surface area is 175 Å². The molecule has 0 saturated carbocycles. The van der Waals surface area contributed by atoms with Gasteiger partial charge >= 0.3 is 0 Å². The molecule has 2 heterocycles. The van der Waals surface area contributed by atoms with Gasteiger partial charge in [-0.05, 0) is 55.5 Å². The van der Waals surface area contributed by atoms with Crippen LogP contribution in [-0.2, 0) is 0 Å². The summed E-state index contributed by atoms with van der Waals surface area (Å²) in [6.07, 6.45) is 0. The molecule has 0 radical (unpaired) electrons. The number of nitrogens with one attached hydrogen (secondary N) is 1. The number of rotatable bonds is 3. The van der Waals surface area contributed by atoms with E-state index in [0.717, 1.165) is 10.1 Å². The van der Waals surface area contributed by atoms with E-state index in [2.05, 4.69) is 4.98 Å². The first kappa shape index (κ1) is 20.0. The molecule has 7 heteroatoms. The number of benzene rings is 3. The van der Waals surface area contributed by atoms with Crippen molar-refractivity contribution in [1.29, 1.82) is 0 Å². The Kier molecular flexibility index (Phi) is 4.66. The van der Waals surface area contributed by atoms with Crippen molar-refractivity contribution in [1.82, 2.24) is 9.55 Å². The van der Waals surface area contributed by atoms with E-state index in [1.165, 1.54) is 12.1 Å². The van der Waals surface area contributed by atoms with Crippen LogP contribution in [0.2, 0.25) is 0 Å². The van der Waals surface area contributed by atoms with Gasteiger partial charge in [-0.2, -0.15) is 0 Å². The Balaban J connectivity index is 0.00000231. The lowest BCUT2D eigenvalue weighted by Gasteiger charge is -2.07. The lowest BCUT2D eigenvalue weighted by molar-refractivity contribution is 0.482. The summed E-state index contributed by atoms with van der Waals surface area (Å²) in [5.41, 5.74) is -0.751. The molecule has 154 valence electrons. The zero-order valence-corrected chi connectivity index (χ0v) is 15.8. The number of nitrogens with zero attached hydrogens (tertiary/aromatic N) is 1. The third kappa shape index (κ3) is 3.16. The fourth-order valence-electron chi connectivity index (χ4n) is 3.54. The number of hydrogen-bond donors (Lipinski definition) is 1. The second-order valence-electron chi connectivity index (χ2n) is 7.08. The van der Waals surface area contributed by atoms with E-state index >= 15 is 0 Å². The molecule has 0 aliphatic rings. The van der Waals surface area contributed by atoms with Crippen LogP contribution >= 0.6 is 0 Å². The van der Waals surface area contributed by atoms with Gasteiger partial charge in [0.15, 0.2) is 0 Å². The van der Waals surface area contributed by atoms with Crippen molar-refractivity contribution in [2.24, 2.45) is 0 Å².